The lowest BCUT2D eigenvalue weighted by atomic mass is 9.91. The highest BCUT2D eigenvalue weighted by Crippen LogP contribution is 2.27. The van der Waals surface area contributed by atoms with Gasteiger partial charge in [0.05, 0.1) is 19.9 Å². The van der Waals surface area contributed by atoms with Crippen LogP contribution in [0.5, 0.6) is 0 Å². The number of hydrogen-bond acceptors (Lipinski definition) is 5. The molecule has 106 valence electrons. The summed E-state index contributed by atoms with van der Waals surface area (Å²) in [5.74, 6) is 0.288. The summed E-state index contributed by atoms with van der Waals surface area (Å²) in [5, 5.41) is 8.97. The van der Waals surface area contributed by atoms with Gasteiger partial charge in [-0.1, -0.05) is 6.42 Å². The van der Waals surface area contributed by atoms with E-state index in [1.165, 1.54) is 32.6 Å². The van der Waals surface area contributed by atoms with Crippen molar-refractivity contribution >= 4 is 5.97 Å². The Bertz CT molecular complexity index is 411. The number of hydrogen-bond donors (Lipinski definition) is 1. The van der Waals surface area contributed by atoms with E-state index >= 15 is 0 Å². The van der Waals surface area contributed by atoms with Crippen LogP contribution >= 0.6 is 0 Å². The fourth-order valence-electron chi connectivity index (χ4n) is 2.36. The molecule has 0 spiro atoms. The van der Waals surface area contributed by atoms with Crippen molar-refractivity contribution in [2.75, 3.05) is 20.3 Å². The molecule has 0 radical (unpaired) electrons. The zero-order chi connectivity index (χ0) is 13.7. The average molecular weight is 267 g/mol. The summed E-state index contributed by atoms with van der Waals surface area (Å²) in [6.07, 6.45) is 5.87. The van der Waals surface area contributed by atoms with Crippen LogP contribution < -0.4 is 0 Å². The highest BCUT2D eigenvalue weighted by molar-refractivity contribution is 5.90. The van der Waals surface area contributed by atoms with E-state index in [0.717, 1.165) is 13.0 Å². The lowest BCUT2D eigenvalue weighted by Crippen LogP contribution is -2.40. The van der Waals surface area contributed by atoms with Crippen LogP contribution in [-0.4, -0.2) is 42.3 Å². The van der Waals surface area contributed by atoms with E-state index in [4.69, 9.17) is 14.3 Å². The summed E-state index contributed by atoms with van der Waals surface area (Å²) in [6.45, 7) is 1.61. The van der Waals surface area contributed by atoms with Crippen LogP contribution in [0.25, 0.3) is 0 Å². The molecule has 1 aromatic heterocycles. The molecule has 0 aliphatic heterocycles. The Kier molecular flexibility index (Phi) is 4.99. The Balaban J connectivity index is 2.03. The fourth-order valence-corrected chi connectivity index (χ4v) is 2.36. The molecule has 1 aliphatic carbocycles. The minimum absolute atomic E-state index is 0.186. The maximum absolute atomic E-state index is 11.6. The van der Waals surface area contributed by atoms with Gasteiger partial charge in [0.25, 0.3) is 0 Å². The Hall–Kier alpha value is -1.33. The average Bonchev–Trinajstić information content (AvgIpc) is 2.81. The summed E-state index contributed by atoms with van der Waals surface area (Å²) < 4.78 is 10.2. The minimum atomic E-state index is -0.362. The molecule has 0 saturated heterocycles. The topological polar surface area (TPSA) is 62.9 Å². The number of carbonyl (C=O) groups excluding carboxylic acids is 1. The van der Waals surface area contributed by atoms with Gasteiger partial charge in [0.15, 0.2) is 0 Å². The largest absolute Gasteiger partial charge is 0.467 e. The molecular formula is C14H21NO4. The Morgan fingerprint density at radius 1 is 1.58 bits per heavy atom. The normalized spacial score (nSPS) is 15.5. The highest BCUT2D eigenvalue weighted by atomic mass is 16.5. The number of aliphatic hydroxyl groups is 1. The smallest absolute Gasteiger partial charge is 0.341 e. The van der Waals surface area contributed by atoms with Gasteiger partial charge in [-0.05, 0) is 25.3 Å². The van der Waals surface area contributed by atoms with E-state index in [1.807, 2.05) is 0 Å². The van der Waals surface area contributed by atoms with E-state index in [2.05, 4.69) is 4.90 Å². The van der Waals surface area contributed by atoms with Gasteiger partial charge < -0.3 is 14.3 Å². The maximum atomic E-state index is 11.6. The van der Waals surface area contributed by atoms with Crippen LogP contribution in [0.15, 0.2) is 16.7 Å². The Morgan fingerprint density at radius 3 is 2.95 bits per heavy atom. The molecule has 5 heteroatoms. The fraction of sp³-hybridized carbons (Fsp3) is 0.643. The molecule has 1 heterocycles. The molecule has 19 heavy (non-hydrogen) atoms. The lowest BCUT2D eigenvalue weighted by Gasteiger charge is -2.37. The number of methoxy groups -OCH3 is 1. The van der Waals surface area contributed by atoms with Crippen LogP contribution in [0.3, 0.4) is 0 Å². The first kappa shape index (κ1) is 14.1. The van der Waals surface area contributed by atoms with E-state index in [-0.39, 0.29) is 12.6 Å². The van der Waals surface area contributed by atoms with Crippen molar-refractivity contribution in [2.45, 2.75) is 38.3 Å². The molecule has 2 rings (SSSR count). The molecule has 0 bridgehead atoms. The van der Waals surface area contributed by atoms with E-state index in [0.29, 0.717) is 23.9 Å². The zero-order valence-electron chi connectivity index (χ0n) is 11.3. The number of carbonyl (C=O) groups is 1. The minimum Gasteiger partial charge on any atom is -0.467 e. The molecule has 0 amide bonds. The van der Waals surface area contributed by atoms with Crippen LogP contribution in [0.2, 0.25) is 0 Å². The van der Waals surface area contributed by atoms with Gasteiger partial charge in [-0.25, -0.2) is 4.79 Å². The summed E-state index contributed by atoms with van der Waals surface area (Å²) in [4.78, 5) is 13.9. The van der Waals surface area contributed by atoms with Gasteiger partial charge in [-0.3, -0.25) is 4.90 Å². The van der Waals surface area contributed by atoms with Gasteiger partial charge >= 0.3 is 5.97 Å². The monoisotopic (exact) mass is 267 g/mol. The number of aliphatic hydroxyl groups excluding tert-OH is 1. The second kappa shape index (κ2) is 6.73. The first-order valence-corrected chi connectivity index (χ1v) is 6.76. The lowest BCUT2D eigenvalue weighted by molar-refractivity contribution is 0.0590. The number of rotatable bonds is 7. The number of nitrogens with zero attached hydrogens (tertiary/aromatic N) is 1. The molecule has 1 aliphatic rings. The van der Waals surface area contributed by atoms with Gasteiger partial charge in [-0.15, -0.1) is 0 Å². The summed E-state index contributed by atoms with van der Waals surface area (Å²) in [7, 11) is 1.37. The molecule has 1 aromatic rings. The zero-order valence-corrected chi connectivity index (χ0v) is 11.3. The predicted octanol–water partition coefficient (Wildman–Crippen LogP) is 1.80. The van der Waals surface area contributed by atoms with Crippen LogP contribution in [-0.2, 0) is 11.3 Å². The Labute approximate surface area is 113 Å². The number of ether oxygens (including phenoxy) is 1. The number of furan rings is 1. The van der Waals surface area contributed by atoms with E-state index in [9.17, 15) is 4.79 Å². The first-order valence-electron chi connectivity index (χ1n) is 6.76. The van der Waals surface area contributed by atoms with Crippen LogP contribution in [0, 0.1) is 0 Å². The SMILES string of the molecule is COC(=O)c1ccoc1CN(CCCO)C1CCC1. The van der Waals surface area contributed by atoms with Crippen LogP contribution in [0.1, 0.15) is 41.8 Å². The highest BCUT2D eigenvalue weighted by Gasteiger charge is 2.27. The van der Waals surface area contributed by atoms with Crippen molar-refractivity contribution in [1.29, 1.82) is 0 Å². The van der Waals surface area contributed by atoms with Crippen molar-refractivity contribution in [2.24, 2.45) is 0 Å². The third-order valence-electron chi connectivity index (χ3n) is 3.69. The van der Waals surface area contributed by atoms with Gasteiger partial charge in [0.2, 0.25) is 0 Å². The van der Waals surface area contributed by atoms with Crippen molar-refractivity contribution in [3.63, 3.8) is 0 Å². The molecule has 0 atom stereocenters. The van der Waals surface area contributed by atoms with Gasteiger partial charge in [-0.2, -0.15) is 0 Å². The van der Waals surface area contributed by atoms with Crippen LogP contribution in [0.4, 0.5) is 0 Å². The molecule has 5 nitrogen and oxygen atoms in total. The van der Waals surface area contributed by atoms with Crippen molar-refractivity contribution in [1.82, 2.24) is 4.90 Å². The third kappa shape index (κ3) is 3.36. The molecular weight excluding hydrogens is 246 g/mol. The van der Waals surface area contributed by atoms with Gasteiger partial charge in [0, 0.05) is 19.2 Å². The van der Waals surface area contributed by atoms with Crippen molar-refractivity contribution < 1.29 is 19.1 Å². The quantitative estimate of drug-likeness (QED) is 0.763. The maximum Gasteiger partial charge on any atom is 0.341 e. The third-order valence-corrected chi connectivity index (χ3v) is 3.69. The molecule has 0 unspecified atom stereocenters. The molecule has 1 N–H and O–H groups in total. The molecule has 1 fully saturated rings. The van der Waals surface area contributed by atoms with Crippen molar-refractivity contribution in [3.05, 3.63) is 23.7 Å². The van der Waals surface area contributed by atoms with Gasteiger partial charge in [0.1, 0.15) is 11.3 Å². The molecule has 0 aromatic carbocycles. The molecule has 1 saturated carbocycles. The summed E-state index contributed by atoms with van der Waals surface area (Å²) in [5.41, 5.74) is 0.496. The number of esters is 1. The summed E-state index contributed by atoms with van der Waals surface area (Å²) >= 11 is 0. The van der Waals surface area contributed by atoms with E-state index in [1.54, 1.807) is 6.07 Å². The standard InChI is InChI=1S/C14H21NO4/c1-18-14(17)12-6-9-19-13(12)10-15(7-3-8-16)11-4-2-5-11/h6,9,11,16H,2-5,7-8,10H2,1H3. The first-order chi connectivity index (χ1) is 9.26. The van der Waals surface area contributed by atoms with Crippen molar-refractivity contribution in [3.8, 4) is 0 Å². The summed E-state index contributed by atoms with van der Waals surface area (Å²) in [6, 6.07) is 2.19. The van der Waals surface area contributed by atoms with E-state index < -0.39 is 0 Å². The predicted molar refractivity (Wildman–Crippen MR) is 69.8 cm³/mol. The second-order valence-electron chi connectivity index (χ2n) is 4.88. The second-order valence-corrected chi connectivity index (χ2v) is 4.88. The Morgan fingerprint density at radius 2 is 2.37 bits per heavy atom.